The van der Waals surface area contributed by atoms with Crippen LogP contribution in [0.25, 0.3) is 11.5 Å². The molecular weight excluding hydrogens is 362 g/mol. The lowest BCUT2D eigenvalue weighted by molar-refractivity contribution is 0.0245. The van der Waals surface area contributed by atoms with Crippen molar-refractivity contribution in [2.24, 2.45) is 5.92 Å². The Labute approximate surface area is 164 Å². The van der Waals surface area contributed by atoms with Gasteiger partial charge in [-0.15, -0.1) is 0 Å². The SMILES string of the molecule is CN(CC1CCN(C(=O)c2cc(-c3ccco3)on2)CC1)C(=O)OC(C)(C)C. The second kappa shape index (κ2) is 8.08. The first-order valence-corrected chi connectivity index (χ1v) is 9.47. The van der Waals surface area contributed by atoms with Gasteiger partial charge in [0.25, 0.3) is 5.91 Å². The molecular formula is C20H27N3O5. The van der Waals surface area contributed by atoms with E-state index in [-0.39, 0.29) is 17.7 Å². The lowest BCUT2D eigenvalue weighted by Crippen LogP contribution is -2.43. The van der Waals surface area contributed by atoms with Crippen LogP contribution in [0.1, 0.15) is 44.1 Å². The smallest absolute Gasteiger partial charge is 0.410 e. The predicted octanol–water partition coefficient (Wildman–Crippen LogP) is 3.65. The van der Waals surface area contributed by atoms with Crippen LogP contribution < -0.4 is 0 Å². The average Bonchev–Trinajstić information content (AvgIpc) is 3.31. The highest BCUT2D eigenvalue weighted by atomic mass is 16.6. The first-order chi connectivity index (χ1) is 13.2. The van der Waals surface area contributed by atoms with Crippen LogP contribution in [0.3, 0.4) is 0 Å². The van der Waals surface area contributed by atoms with E-state index in [9.17, 15) is 9.59 Å². The number of carbonyl (C=O) groups excluding carboxylic acids is 2. The van der Waals surface area contributed by atoms with Crippen molar-refractivity contribution in [1.29, 1.82) is 0 Å². The number of piperidine rings is 1. The Morgan fingerprint density at radius 2 is 2.00 bits per heavy atom. The maximum atomic E-state index is 12.7. The molecule has 0 radical (unpaired) electrons. The third-order valence-electron chi connectivity index (χ3n) is 4.63. The van der Waals surface area contributed by atoms with Crippen molar-refractivity contribution in [2.75, 3.05) is 26.7 Å². The van der Waals surface area contributed by atoms with Crippen molar-refractivity contribution in [3.05, 3.63) is 30.2 Å². The highest BCUT2D eigenvalue weighted by Gasteiger charge is 2.28. The summed E-state index contributed by atoms with van der Waals surface area (Å²) in [4.78, 5) is 28.2. The largest absolute Gasteiger partial charge is 0.461 e. The zero-order chi connectivity index (χ0) is 20.3. The van der Waals surface area contributed by atoms with E-state index in [1.54, 1.807) is 41.3 Å². The number of likely N-dealkylation sites (tertiary alicyclic amines) is 1. The van der Waals surface area contributed by atoms with Gasteiger partial charge < -0.3 is 23.5 Å². The summed E-state index contributed by atoms with van der Waals surface area (Å²) in [5.41, 5.74) is -0.233. The number of ether oxygens (including phenoxy) is 1. The van der Waals surface area contributed by atoms with Gasteiger partial charge in [0.2, 0.25) is 5.76 Å². The second-order valence-electron chi connectivity index (χ2n) is 8.15. The highest BCUT2D eigenvalue weighted by molar-refractivity contribution is 5.93. The van der Waals surface area contributed by atoms with Crippen LogP contribution in [0.4, 0.5) is 4.79 Å². The molecule has 0 aliphatic carbocycles. The van der Waals surface area contributed by atoms with Crippen molar-refractivity contribution in [2.45, 2.75) is 39.2 Å². The normalized spacial score (nSPS) is 15.5. The average molecular weight is 389 g/mol. The van der Waals surface area contributed by atoms with E-state index in [1.165, 1.54) is 0 Å². The Morgan fingerprint density at radius 3 is 2.61 bits per heavy atom. The molecule has 0 unspecified atom stereocenters. The number of hydrogen-bond acceptors (Lipinski definition) is 6. The molecule has 1 fully saturated rings. The van der Waals surface area contributed by atoms with Crippen molar-refractivity contribution in [1.82, 2.24) is 15.0 Å². The van der Waals surface area contributed by atoms with Crippen molar-refractivity contribution in [3.63, 3.8) is 0 Å². The maximum absolute atomic E-state index is 12.7. The van der Waals surface area contributed by atoms with Crippen molar-refractivity contribution >= 4 is 12.0 Å². The molecule has 0 spiro atoms. The molecule has 1 aliphatic heterocycles. The molecule has 1 aliphatic rings. The standard InChI is InChI=1S/C20H27N3O5/c1-20(2,3)27-19(25)22(4)13-14-7-9-23(10-8-14)18(24)15-12-17(28-21-15)16-6-5-11-26-16/h5-6,11-12,14H,7-10,13H2,1-4H3. The van der Waals surface area contributed by atoms with Crippen molar-refractivity contribution < 1.29 is 23.3 Å². The summed E-state index contributed by atoms with van der Waals surface area (Å²) in [5.74, 6) is 1.15. The van der Waals surface area contributed by atoms with Crippen LogP contribution in [-0.4, -0.2) is 59.2 Å². The summed E-state index contributed by atoms with van der Waals surface area (Å²) >= 11 is 0. The summed E-state index contributed by atoms with van der Waals surface area (Å²) in [6.07, 6.45) is 2.86. The molecule has 2 aromatic heterocycles. The van der Waals surface area contributed by atoms with Crippen LogP contribution in [0.15, 0.2) is 33.4 Å². The number of amides is 2. The van der Waals surface area contributed by atoms with E-state index < -0.39 is 5.60 Å². The fourth-order valence-corrected chi connectivity index (χ4v) is 3.19. The Balaban J connectivity index is 1.50. The van der Waals surface area contributed by atoms with Gasteiger partial charge in [-0.2, -0.15) is 0 Å². The van der Waals surface area contributed by atoms with E-state index in [2.05, 4.69) is 5.16 Å². The van der Waals surface area contributed by atoms with Gasteiger partial charge in [0.1, 0.15) is 5.60 Å². The lowest BCUT2D eigenvalue weighted by Gasteiger charge is -2.34. The molecule has 0 aromatic carbocycles. The minimum absolute atomic E-state index is 0.152. The molecule has 1 saturated heterocycles. The van der Waals surface area contributed by atoms with Gasteiger partial charge in [0.05, 0.1) is 6.26 Å². The molecule has 2 amide bonds. The number of rotatable bonds is 4. The molecule has 3 heterocycles. The first-order valence-electron chi connectivity index (χ1n) is 9.47. The third-order valence-corrected chi connectivity index (χ3v) is 4.63. The number of aromatic nitrogens is 1. The Hall–Kier alpha value is -2.77. The molecule has 0 bridgehead atoms. The fraction of sp³-hybridized carbons (Fsp3) is 0.550. The van der Waals surface area contributed by atoms with Gasteiger partial charge in [0, 0.05) is 32.7 Å². The summed E-state index contributed by atoms with van der Waals surface area (Å²) in [7, 11) is 1.75. The summed E-state index contributed by atoms with van der Waals surface area (Å²) in [6, 6.07) is 5.10. The number of carbonyl (C=O) groups is 2. The number of nitrogens with zero attached hydrogens (tertiary/aromatic N) is 3. The van der Waals surface area contributed by atoms with Gasteiger partial charge >= 0.3 is 6.09 Å². The van der Waals surface area contributed by atoms with Crippen LogP contribution in [0, 0.1) is 5.92 Å². The van der Waals surface area contributed by atoms with E-state index in [0.717, 1.165) is 12.8 Å². The van der Waals surface area contributed by atoms with Crippen LogP contribution in [0.5, 0.6) is 0 Å². The van der Waals surface area contributed by atoms with E-state index >= 15 is 0 Å². The molecule has 0 N–H and O–H groups in total. The van der Waals surface area contributed by atoms with E-state index in [1.807, 2.05) is 20.8 Å². The maximum Gasteiger partial charge on any atom is 0.410 e. The van der Waals surface area contributed by atoms with Gasteiger partial charge in [-0.25, -0.2) is 4.79 Å². The minimum atomic E-state index is -0.507. The molecule has 28 heavy (non-hydrogen) atoms. The van der Waals surface area contributed by atoms with E-state index in [4.69, 9.17) is 13.7 Å². The van der Waals surface area contributed by atoms with Crippen LogP contribution in [0.2, 0.25) is 0 Å². The summed E-state index contributed by atoms with van der Waals surface area (Å²) in [6.45, 7) is 7.41. The van der Waals surface area contributed by atoms with Gasteiger partial charge in [-0.1, -0.05) is 5.16 Å². The topological polar surface area (TPSA) is 89.0 Å². The van der Waals surface area contributed by atoms with Crippen LogP contribution in [-0.2, 0) is 4.74 Å². The molecule has 8 heteroatoms. The zero-order valence-electron chi connectivity index (χ0n) is 16.8. The zero-order valence-corrected chi connectivity index (χ0v) is 16.8. The lowest BCUT2D eigenvalue weighted by atomic mass is 9.96. The second-order valence-corrected chi connectivity index (χ2v) is 8.15. The molecule has 2 aromatic rings. The third kappa shape index (κ3) is 4.94. The Bertz CT molecular complexity index is 798. The molecule has 8 nitrogen and oxygen atoms in total. The van der Waals surface area contributed by atoms with E-state index in [0.29, 0.717) is 37.1 Å². The fourth-order valence-electron chi connectivity index (χ4n) is 3.19. The summed E-state index contributed by atoms with van der Waals surface area (Å²) in [5, 5.41) is 3.88. The Kier molecular flexibility index (Phi) is 5.76. The highest BCUT2D eigenvalue weighted by Crippen LogP contribution is 2.24. The van der Waals surface area contributed by atoms with Gasteiger partial charge in [-0.05, 0) is 51.7 Å². The monoisotopic (exact) mass is 389 g/mol. The molecule has 152 valence electrons. The molecule has 0 saturated carbocycles. The minimum Gasteiger partial charge on any atom is -0.461 e. The van der Waals surface area contributed by atoms with Gasteiger partial charge in [0.15, 0.2) is 11.5 Å². The molecule has 0 atom stereocenters. The summed E-state index contributed by atoms with van der Waals surface area (Å²) < 4.78 is 15.9. The molecule has 3 rings (SSSR count). The van der Waals surface area contributed by atoms with Crippen molar-refractivity contribution in [3.8, 4) is 11.5 Å². The predicted molar refractivity (Wildman–Crippen MR) is 102 cm³/mol. The first kappa shape index (κ1) is 20.0. The Morgan fingerprint density at radius 1 is 1.29 bits per heavy atom. The quantitative estimate of drug-likeness (QED) is 0.793. The number of hydrogen-bond donors (Lipinski definition) is 0. The number of furan rings is 1. The van der Waals surface area contributed by atoms with Crippen LogP contribution >= 0.6 is 0 Å². The van der Waals surface area contributed by atoms with Gasteiger partial charge in [-0.3, -0.25) is 4.79 Å².